The molecule has 30 heavy (non-hydrogen) atoms. The van der Waals surface area contributed by atoms with E-state index in [9.17, 15) is 9.59 Å². The zero-order chi connectivity index (χ0) is 21.3. The van der Waals surface area contributed by atoms with Crippen LogP contribution < -0.4 is 10.3 Å². The lowest BCUT2D eigenvalue weighted by atomic mass is 10.0. The lowest BCUT2D eigenvalue weighted by molar-refractivity contribution is 0.101. The highest BCUT2D eigenvalue weighted by molar-refractivity contribution is 7.17. The summed E-state index contributed by atoms with van der Waals surface area (Å²) in [6.07, 6.45) is 1.56. The normalized spacial score (nSPS) is 11.0. The fraction of sp³-hybridized carbons (Fsp3) is 0.208. The van der Waals surface area contributed by atoms with Crippen molar-refractivity contribution in [2.24, 2.45) is 0 Å². The van der Waals surface area contributed by atoms with Gasteiger partial charge in [-0.3, -0.25) is 14.2 Å². The Morgan fingerprint density at radius 3 is 2.70 bits per heavy atom. The van der Waals surface area contributed by atoms with E-state index in [4.69, 9.17) is 4.74 Å². The van der Waals surface area contributed by atoms with Crippen molar-refractivity contribution in [2.45, 2.75) is 27.3 Å². The minimum atomic E-state index is -0.0852. The molecule has 0 fully saturated rings. The zero-order valence-corrected chi connectivity index (χ0v) is 18.0. The van der Waals surface area contributed by atoms with Crippen LogP contribution in [0.25, 0.3) is 21.3 Å². The largest absolute Gasteiger partial charge is 0.491 e. The van der Waals surface area contributed by atoms with Gasteiger partial charge in [-0.05, 0) is 49.6 Å². The molecule has 0 aliphatic carbocycles. The number of ketones is 1. The third-order valence-corrected chi connectivity index (χ3v) is 6.12. The summed E-state index contributed by atoms with van der Waals surface area (Å²) in [5, 5.41) is 2.63. The highest BCUT2D eigenvalue weighted by Gasteiger charge is 2.14. The summed E-state index contributed by atoms with van der Waals surface area (Å²) in [6, 6.07) is 13.3. The van der Waals surface area contributed by atoms with E-state index in [-0.39, 0.29) is 17.9 Å². The highest BCUT2D eigenvalue weighted by Crippen LogP contribution is 2.31. The molecule has 0 unspecified atom stereocenters. The molecule has 2 aromatic heterocycles. The first kappa shape index (κ1) is 20.0. The van der Waals surface area contributed by atoms with Crippen molar-refractivity contribution in [2.75, 3.05) is 6.61 Å². The van der Waals surface area contributed by atoms with E-state index in [2.05, 4.69) is 31.0 Å². The number of aromatic nitrogens is 2. The topological polar surface area (TPSA) is 61.2 Å². The molecular formula is C24H22N2O3S. The molecule has 0 saturated heterocycles. The Kier molecular flexibility index (Phi) is 5.50. The van der Waals surface area contributed by atoms with Gasteiger partial charge in [0.2, 0.25) is 0 Å². The van der Waals surface area contributed by atoms with Crippen molar-refractivity contribution in [3.63, 3.8) is 0 Å². The second-order valence-corrected chi connectivity index (χ2v) is 8.13. The molecule has 152 valence electrons. The first-order valence-corrected chi connectivity index (χ1v) is 10.6. The van der Waals surface area contributed by atoms with Crippen LogP contribution in [0.5, 0.6) is 5.75 Å². The number of hydrogen-bond donors (Lipinski definition) is 0. The third kappa shape index (κ3) is 3.78. The van der Waals surface area contributed by atoms with Crippen LogP contribution in [0.4, 0.5) is 0 Å². The predicted molar refractivity (Wildman–Crippen MR) is 121 cm³/mol. The maximum Gasteiger partial charge on any atom is 0.262 e. The number of Topliss-reactive ketones (excluding diaryl/α,β-unsaturated/α-hetero) is 1. The van der Waals surface area contributed by atoms with E-state index < -0.39 is 0 Å². The molecule has 2 heterocycles. The van der Waals surface area contributed by atoms with Crippen LogP contribution in [0, 0.1) is 13.8 Å². The van der Waals surface area contributed by atoms with Crippen molar-refractivity contribution < 1.29 is 9.53 Å². The fourth-order valence-corrected chi connectivity index (χ4v) is 4.29. The molecule has 5 nitrogen and oxygen atoms in total. The highest BCUT2D eigenvalue weighted by atomic mass is 32.1. The molecule has 0 N–H and O–H groups in total. The lowest BCUT2D eigenvalue weighted by Gasteiger charge is -2.11. The summed E-state index contributed by atoms with van der Waals surface area (Å²) in [7, 11) is 0. The maximum atomic E-state index is 13.2. The minimum absolute atomic E-state index is 0.0536. The molecule has 4 aromatic rings. The second kappa shape index (κ2) is 8.24. The third-order valence-electron chi connectivity index (χ3n) is 5.23. The number of benzene rings is 2. The first-order chi connectivity index (χ1) is 14.5. The van der Waals surface area contributed by atoms with Gasteiger partial charge in [0, 0.05) is 10.9 Å². The molecular weight excluding hydrogens is 396 g/mol. The molecule has 2 aromatic carbocycles. The van der Waals surface area contributed by atoms with Gasteiger partial charge in [0.15, 0.2) is 5.78 Å². The summed E-state index contributed by atoms with van der Waals surface area (Å²) >= 11 is 1.47. The zero-order valence-electron chi connectivity index (χ0n) is 17.1. The van der Waals surface area contributed by atoms with Crippen LogP contribution >= 0.6 is 11.3 Å². The summed E-state index contributed by atoms with van der Waals surface area (Å²) in [5.41, 5.74) is 4.79. The Labute approximate surface area is 178 Å². The number of carbonyl (C=O) groups is 1. The number of hydrogen-bond acceptors (Lipinski definition) is 5. The van der Waals surface area contributed by atoms with E-state index in [1.54, 1.807) is 29.1 Å². The first-order valence-electron chi connectivity index (χ1n) is 9.72. The summed E-state index contributed by atoms with van der Waals surface area (Å²) < 4.78 is 7.35. The van der Waals surface area contributed by atoms with Crippen molar-refractivity contribution in [3.05, 3.63) is 81.2 Å². The molecule has 0 bridgehead atoms. The van der Waals surface area contributed by atoms with Gasteiger partial charge in [0.25, 0.3) is 5.56 Å². The van der Waals surface area contributed by atoms with E-state index in [1.807, 2.05) is 17.5 Å². The Balaban J connectivity index is 1.62. The SMILES string of the molecule is CC(=O)c1ccccc1OCCn1cnc2scc(-c3ccc(C)c(C)c3)c2c1=O. The van der Waals surface area contributed by atoms with Gasteiger partial charge in [-0.15, -0.1) is 11.3 Å². The van der Waals surface area contributed by atoms with Crippen LogP contribution in [0.2, 0.25) is 0 Å². The Morgan fingerprint density at radius 2 is 1.93 bits per heavy atom. The number of rotatable bonds is 6. The van der Waals surface area contributed by atoms with Gasteiger partial charge >= 0.3 is 0 Å². The van der Waals surface area contributed by atoms with Crippen molar-refractivity contribution >= 4 is 27.3 Å². The molecule has 6 heteroatoms. The quantitative estimate of drug-likeness (QED) is 0.412. The van der Waals surface area contributed by atoms with E-state index in [1.165, 1.54) is 29.4 Å². The van der Waals surface area contributed by atoms with E-state index in [0.29, 0.717) is 23.2 Å². The van der Waals surface area contributed by atoms with Gasteiger partial charge in [-0.1, -0.05) is 30.3 Å². The summed E-state index contributed by atoms with van der Waals surface area (Å²) in [4.78, 5) is 30.1. The molecule has 0 radical (unpaired) electrons. The smallest absolute Gasteiger partial charge is 0.262 e. The van der Waals surface area contributed by atoms with Crippen molar-refractivity contribution in [1.29, 1.82) is 0 Å². The Morgan fingerprint density at radius 1 is 1.13 bits per heavy atom. The Bertz CT molecular complexity index is 1300. The summed E-state index contributed by atoms with van der Waals surface area (Å²) in [6.45, 7) is 6.26. The molecule has 0 aliphatic heterocycles. The van der Waals surface area contributed by atoms with Crippen LogP contribution in [-0.4, -0.2) is 21.9 Å². The molecule has 4 rings (SSSR count). The predicted octanol–water partition coefficient (Wildman–Crippen LogP) is 5.02. The number of aryl methyl sites for hydroxylation is 2. The fourth-order valence-electron chi connectivity index (χ4n) is 3.39. The molecule has 0 spiro atoms. The molecule has 0 saturated carbocycles. The van der Waals surface area contributed by atoms with Crippen molar-refractivity contribution in [3.8, 4) is 16.9 Å². The van der Waals surface area contributed by atoms with Gasteiger partial charge < -0.3 is 4.74 Å². The average molecular weight is 419 g/mol. The number of para-hydroxylation sites is 1. The number of carbonyl (C=O) groups excluding carboxylic acids is 1. The monoisotopic (exact) mass is 418 g/mol. The lowest BCUT2D eigenvalue weighted by Crippen LogP contribution is -2.23. The van der Waals surface area contributed by atoms with Gasteiger partial charge in [-0.2, -0.15) is 0 Å². The van der Waals surface area contributed by atoms with E-state index in [0.717, 1.165) is 16.0 Å². The van der Waals surface area contributed by atoms with Crippen LogP contribution in [0.1, 0.15) is 28.4 Å². The number of fused-ring (bicyclic) bond motifs is 1. The number of ether oxygens (including phenoxy) is 1. The van der Waals surface area contributed by atoms with E-state index >= 15 is 0 Å². The van der Waals surface area contributed by atoms with Crippen LogP contribution in [0.3, 0.4) is 0 Å². The maximum absolute atomic E-state index is 13.2. The van der Waals surface area contributed by atoms with Crippen molar-refractivity contribution in [1.82, 2.24) is 9.55 Å². The Hall–Kier alpha value is -3.25. The average Bonchev–Trinajstić information content (AvgIpc) is 3.17. The standard InChI is InChI=1S/C24H22N2O3S/c1-15-8-9-18(12-16(15)2)20-13-30-23-22(20)24(28)26(14-25-23)10-11-29-21-7-5-4-6-19(21)17(3)27/h4-9,12-14H,10-11H2,1-3H3. The van der Waals surface area contributed by atoms with Crippen LogP contribution in [-0.2, 0) is 6.54 Å². The number of nitrogens with zero attached hydrogens (tertiary/aromatic N) is 2. The second-order valence-electron chi connectivity index (χ2n) is 7.27. The molecule has 0 atom stereocenters. The molecule has 0 amide bonds. The number of thiophene rings is 1. The van der Waals surface area contributed by atoms with Gasteiger partial charge in [0.05, 0.1) is 23.8 Å². The van der Waals surface area contributed by atoms with Crippen LogP contribution in [0.15, 0.2) is 59.0 Å². The summed E-state index contributed by atoms with van der Waals surface area (Å²) in [5.74, 6) is 0.473. The van der Waals surface area contributed by atoms with Gasteiger partial charge in [-0.25, -0.2) is 4.98 Å². The molecule has 0 aliphatic rings. The minimum Gasteiger partial charge on any atom is -0.491 e. The van der Waals surface area contributed by atoms with Gasteiger partial charge in [0.1, 0.15) is 17.2 Å².